The quantitative estimate of drug-likeness (QED) is 0.390. The van der Waals surface area contributed by atoms with Gasteiger partial charge < -0.3 is 15.7 Å². The number of nitrogens with zero attached hydrogens (tertiary/aromatic N) is 1. The van der Waals surface area contributed by atoms with Crippen molar-refractivity contribution in [1.29, 1.82) is 0 Å². The van der Waals surface area contributed by atoms with Crippen molar-refractivity contribution in [2.24, 2.45) is 10.9 Å². The Bertz CT molecular complexity index is 565. The minimum absolute atomic E-state index is 0.0881. The van der Waals surface area contributed by atoms with E-state index in [1.807, 2.05) is 24.3 Å². The zero-order valence-corrected chi connectivity index (χ0v) is 10.8. The number of benzene rings is 2. The molecule has 0 amide bonds. The summed E-state index contributed by atoms with van der Waals surface area (Å²) < 4.78 is 5.60. The molecule has 0 aromatic heterocycles. The summed E-state index contributed by atoms with van der Waals surface area (Å²) in [6, 6.07) is 14.5. The normalized spacial score (nSPS) is 11.3. The van der Waals surface area contributed by atoms with Crippen LogP contribution >= 0.6 is 11.6 Å². The highest BCUT2D eigenvalue weighted by Crippen LogP contribution is 2.17. The van der Waals surface area contributed by atoms with E-state index in [9.17, 15) is 0 Å². The van der Waals surface area contributed by atoms with E-state index >= 15 is 0 Å². The summed E-state index contributed by atoms with van der Waals surface area (Å²) in [5.41, 5.74) is 7.13. The van der Waals surface area contributed by atoms with Gasteiger partial charge in [-0.1, -0.05) is 41.0 Å². The number of halogens is 1. The zero-order chi connectivity index (χ0) is 13.7. The predicted octanol–water partition coefficient (Wildman–Crippen LogP) is 3.01. The molecule has 3 N–H and O–H groups in total. The van der Waals surface area contributed by atoms with Gasteiger partial charge in [-0.3, -0.25) is 0 Å². The number of oxime groups is 1. The van der Waals surface area contributed by atoms with Crippen molar-refractivity contribution < 1.29 is 9.94 Å². The maximum atomic E-state index is 8.56. The number of nitrogens with two attached hydrogens (primary N) is 1. The monoisotopic (exact) mass is 276 g/mol. The molecular formula is C14H13ClN2O2. The lowest BCUT2D eigenvalue weighted by molar-refractivity contribution is 0.306. The van der Waals surface area contributed by atoms with E-state index in [1.54, 1.807) is 24.3 Å². The highest BCUT2D eigenvalue weighted by molar-refractivity contribution is 6.30. The number of amidine groups is 1. The Morgan fingerprint density at radius 2 is 1.74 bits per heavy atom. The molecule has 2 rings (SSSR count). The molecule has 0 atom stereocenters. The van der Waals surface area contributed by atoms with Gasteiger partial charge in [0.15, 0.2) is 5.84 Å². The first-order valence-corrected chi connectivity index (χ1v) is 6.02. The molecule has 5 heteroatoms. The molecule has 0 bridgehead atoms. The number of hydrogen-bond acceptors (Lipinski definition) is 3. The number of ether oxygens (including phenoxy) is 1. The van der Waals surface area contributed by atoms with Gasteiger partial charge in [-0.2, -0.15) is 0 Å². The molecule has 0 saturated heterocycles. The number of rotatable bonds is 4. The van der Waals surface area contributed by atoms with Crippen LogP contribution in [0.15, 0.2) is 53.7 Å². The molecule has 0 heterocycles. The van der Waals surface area contributed by atoms with Crippen molar-refractivity contribution in [3.8, 4) is 5.75 Å². The average molecular weight is 277 g/mol. The lowest BCUT2D eigenvalue weighted by atomic mass is 10.1. The van der Waals surface area contributed by atoms with E-state index in [1.165, 1.54) is 0 Å². The first kappa shape index (κ1) is 13.2. The second-order valence-corrected chi connectivity index (χ2v) is 4.36. The Balaban J connectivity index is 1.98. The van der Waals surface area contributed by atoms with Crippen molar-refractivity contribution in [3.63, 3.8) is 0 Å². The van der Waals surface area contributed by atoms with Gasteiger partial charge in [0.25, 0.3) is 0 Å². The Labute approximate surface area is 116 Å². The van der Waals surface area contributed by atoms with Crippen LogP contribution in [0, 0.1) is 0 Å². The van der Waals surface area contributed by atoms with Gasteiger partial charge in [0, 0.05) is 10.6 Å². The van der Waals surface area contributed by atoms with Gasteiger partial charge in [-0.15, -0.1) is 0 Å². The molecule has 0 saturated carbocycles. The third-order valence-electron chi connectivity index (χ3n) is 2.58. The first-order valence-electron chi connectivity index (χ1n) is 5.64. The van der Waals surface area contributed by atoms with Gasteiger partial charge in [0.05, 0.1) is 0 Å². The summed E-state index contributed by atoms with van der Waals surface area (Å²) in [6.07, 6.45) is 0. The summed E-state index contributed by atoms with van der Waals surface area (Å²) in [7, 11) is 0. The maximum Gasteiger partial charge on any atom is 0.170 e. The van der Waals surface area contributed by atoms with E-state index in [4.69, 9.17) is 27.3 Å². The van der Waals surface area contributed by atoms with Gasteiger partial charge in [-0.05, 0) is 29.8 Å². The molecule has 0 radical (unpaired) electrons. The molecule has 2 aromatic rings. The van der Waals surface area contributed by atoms with Crippen LogP contribution in [0.4, 0.5) is 0 Å². The van der Waals surface area contributed by atoms with Gasteiger partial charge >= 0.3 is 0 Å². The smallest absolute Gasteiger partial charge is 0.170 e. The second kappa shape index (κ2) is 6.11. The molecule has 0 unspecified atom stereocenters. The van der Waals surface area contributed by atoms with Crippen molar-refractivity contribution in [1.82, 2.24) is 0 Å². The zero-order valence-electron chi connectivity index (χ0n) is 10.1. The third-order valence-corrected chi connectivity index (χ3v) is 2.83. The predicted molar refractivity (Wildman–Crippen MR) is 74.7 cm³/mol. The Morgan fingerprint density at radius 3 is 2.32 bits per heavy atom. The standard InChI is InChI=1S/C14H13ClN2O2/c15-12-5-7-13(8-6-12)19-9-10-1-3-11(4-2-10)14(16)17-18/h1-8,18H,9H2,(H2,16,17). The van der Waals surface area contributed by atoms with E-state index in [0.717, 1.165) is 11.3 Å². The molecule has 4 nitrogen and oxygen atoms in total. The van der Waals surface area contributed by atoms with Gasteiger partial charge in [0.1, 0.15) is 12.4 Å². The van der Waals surface area contributed by atoms with E-state index in [-0.39, 0.29) is 5.84 Å². The van der Waals surface area contributed by atoms with E-state index in [2.05, 4.69) is 5.16 Å². The second-order valence-electron chi connectivity index (χ2n) is 3.92. The molecule has 19 heavy (non-hydrogen) atoms. The van der Waals surface area contributed by atoms with Gasteiger partial charge in [-0.25, -0.2) is 0 Å². The van der Waals surface area contributed by atoms with E-state index < -0.39 is 0 Å². The lowest BCUT2D eigenvalue weighted by Gasteiger charge is -2.07. The fourth-order valence-corrected chi connectivity index (χ4v) is 1.65. The van der Waals surface area contributed by atoms with Crippen molar-refractivity contribution >= 4 is 17.4 Å². The van der Waals surface area contributed by atoms with Crippen molar-refractivity contribution in [2.75, 3.05) is 0 Å². The topological polar surface area (TPSA) is 67.8 Å². The molecule has 0 spiro atoms. The highest BCUT2D eigenvalue weighted by Gasteiger charge is 2.00. The minimum atomic E-state index is 0.0881. The largest absolute Gasteiger partial charge is 0.489 e. The fourth-order valence-electron chi connectivity index (χ4n) is 1.53. The van der Waals surface area contributed by atoms with E-state index in [0.29, 0.717) is 17.2 Å². The summed E-state index contributed by atoms with van der Waals surface area (Å²) in [5.74, 6) is 0.843. The van der Waals surface area contributed by atoms with Crippen molar-refractivity contribution in [3.05, 3.63) is 64.7 Å². The molecule has 0 fully saturated rings. The maximum absolute atomic E-state index is 8.56. The third kappa shape index (κ3) is 3.63. The summed E-state index contributed by atoms with van der Waals surface area (Å²) in [6.45, 7) is 0.443. The first-order chi connectivity index (χ1) is 9.19. The summed E-state index contributed by atoms with van der Waals surface area (Å²) >= 11 is 5.79. The van der Waals surface area contributed by atoms with Crippen LogP contribution in [0.1, 0.15) is 11.1 Å². The van der Waals surface area contributed by atoms with Crippen LogP contribution in [0.5, 0.6) is 5.75 Å². The Kier molecular flexibility index (Phi) is 4.26. The van der Waals surface area contributed by atoms with Gasteiger partial charge in [0.2, 0.25) is 0 Å². The Morgan fingerprint density at radius 1 is 1.11 bits per heavy atom. The average Bonchev–Trinajstić information content (AvgIpc) is 2.46. The SMILES string of the molecule is N/C(=N\O)c1ccc(COc2ccc(Cl)cc2)cc1. The lowest BCUT2D eigenvalue weighted by Crippen LogP contribution is -2.12. The van der Waals surface area contributed by atoms with Crippen LogP contribution in [0.3, 0.4) is 0 Å². The molecular weight excluding hydrogens is 264 g/mol. The highest BCUT2D eigenvalue weighted by atomic mass is 35.5. The molecule has 0 aliphatic carbocycles. The van der Waals surface area contributed by atoms with Crippen LogP contribution in [0.25, 0.3) is 0 Å². The fraction of sp³-hybridized carbons (Fsp3) is 0.0714. The molecule has 0 aliphatic rings. The summed E-state index contributed by atoms with van der Waals surface area (Å²) in [5, 5.41) is 12.2. The summed E-state index contributed by atoms with van der Waals surface area (Å²) in [4.78, 5) is 0. The van der Waals surface area contributed by atoms with Crippen LogP contribution < -0.4 is 10.5 Å². The van der Waals surface area contributed by atoms with Crippen LogP contribution in [-0.4, -0.2) is 11.0 Å². The molecule has 98 valence electrons. The molecule has 2 aromatic carbocycles. The van der Waals surface area contributed by atoms with Crippen molar-refractivity contribution in [2.45, 2.75) is 6.61 Å². The Hall–Kier alpha value is -2.20. The van der Waals surface area contributed by atoms with Crippen LogP contribution in [0.2, 0.25) is 5.02 Å². The number of hydrogen-bond donors (Lipinski definition) is 2. The van der Waals surface area contributed by atoms with Crippen LogP contribution in [-0.2, 0) is 6.61 Å². The minimum Gasteiger partial charge on any atom is -0.489 e. The molecule has 0 aliphatic heterocycles.